The lowest BCUT2D eigenvalue weighted by Crippen LogP contribution is -2.13. The summed E-state index contributed by atoms with van der Waals surface area (Å²) in [7, 11) is 0. The first-order chi connectivity index (χ1) is 6.70. The van der Waals surface area contributed by atoms with Gasteiger partial charge in [0.15, 0.2) is 11.2 Å². The lowest BCUT2D eigenvalue weighted by Gasteiger charge is -1.98. The molecule has 0 atom stereocenters. The summed E-state index contributed by atoms with van der Waals surface area (Å²) in [5.74, 6) is 0.0602. The van der Waals surface area contributed by atoms with Gasteiger partial charge in [0.25, 0.3) is 5.56 Å². The Hall–Kier alpha value is -1.98. The molecule has 0 radical (unpaired) electrons. The average molecular weight is 191 g/mol. The van der Waals surface area contributed by atoms with Gasteiger partial charge in [-0.25, -0.2) is 9.97 Å². The Morgan fingerprint density at radius 3 is 3.00 bits per heavy atom. The van der Waals surface area contributed by atoms with Gasteiger partial charge in [0.1, 0.15) is 0 Å². The first kappa shape index (κ1) is 8.61. The number of nitrogens with zero attached hydrogens (tertiary/aromatic N) is 3. The van der Waals surface area contributed by atoms with Gasteiger partial charge in [-0.3, -0.25) is 9.78 Å². The van der Waals surface area contributed by atoms with Crippen LogP contribution in [-0.2, 0) is 6.42 Å². The normalized spacial score (nSPS) is 10.6. The number of anilines is 1. The van der Waals surface area contributed by atoms with Gasteiger partial charge in [-0.15, -0.1) is 0 Å². The molecule has 0 spiro atoms. The molecule has 0 aromatic carbocycles. The molecular weight excluding hydrogens is 182 g/mol. The second kappa shape index (κ2) is 3.06. The SMILES string of the molecule is CCc1cnc2c(=O)[nH]c(N)nc2n1. The van der Waals surface area contributed by atoms with Crippen LogP contribution in [0.5, 0.6) is 0 Å². The van der Waals surface area contributed by atoms with Gasteiger partial charge in [-0.2, -0.15) is 4.98 Å². The number of nitrogens with one attached hydrogen (secondary N) is 1. The molecule has 2 rings (SSSR count). The third-order valence-corrected chi connectivity index (χ3v) is 1.85. The summed E-state index contributed by atoms with van der Waals surface area (Å²) in [4.78, 5) is 25.7. The van der Waals surface area contributed by atoms with Gasteiger partial charge < -0.3 is 5.73 Å². The van der Waals surface area contributed by atoms with Crippen molar-refractivity contribution in [2.75, 3.05) is 5.73 Å². The molecule has 0 bridgehead atoms. The molecule has 0 amide bonds. The lowest BCUT2D eigenvalue weighted by molar-refractivity contribution is 1.01. The molecule has 6 heteroatoms. The maximum absolute atomic E-state index is 11.3. The van der Waals surface area contributed by atoms with E-state index in [0.29, 0.717) is 5.65 Å². The number of hydrogen-bond donors (Lipinski definition) is 2. The number of fused-ring (bicyclic) bond motifs is 1. The monoisotopic (exact) mass is 191 g/mol. The van der Waals surface area contributed by atoms with E-state index >= 15 is 0 Å². The van der Waals surface area contributed by atoms with Crippen LogP contribution in [0.3, 0.4) is 0 Å². The smallest absolute Gasteiger partial charge is 0.280 e. The van der Waals surface area contributed by atoms with Crippen molar-refractivity contribution in [2.24, 2.45) is 0 Å². The van der Waals surface area contributed by atoms with Crippen LogP contribution < -0.4 is 11.3 Å². The van der Waals surface area contributed by atoms with Crippen molar-refractivity contribution in [1.29, 1.82) is 0 Å². The number of aryl methyl sites for hydroxylation is 1. The number of aromatic nitrogens is 4. The molecule has 0 unspecified atom stereocenters. The van der Waals surface area contributed by atoms with E-state index in [9.17, 15) is 4.79 Å². The van der Waals surface area contributed by atoms with Crippen LogP contribution in [-0.4, -0.2) is 19.9 Å². The standard InChI is InChI=1S/C8H9N5O/c1-2-4-3-10-5-6(11-4)12-8(9)13-7(5)14/h3H,2H2,1H3,(H3,9,11,12,13,14). The maximum atomic E-state index is 11.3. The van der Waals surface area contributed by atoms with Gasteiger partial charge in [0.05, 0.1) is 5.69 Å². The van der Waals surface area contributed by atoms with Crippen LogP contribution in [0.4, 0.5) is 5.95 Å². The number of nitrogens with two attached hydrogens (primary N) is 1. The van der Waals surface area contributed by atoms with Crippen molar-refractivity contribution in [3.05, 3.63) is 22.2 Å². The Morgan fingerprint density at radius 1 is 1.50 bits per heavy atom. The topological polar surface area (TPSA) is 97.5 Å². The Bertz CT molecular complexity index is 533. The molecule has 0 aliphatic heterocycles. The Morgan fingerprint density at radius 2 is 2.29 bits per heavy atom. The predicted molar refractivity (Wildman–Crippen MR) is 51.7 cm³/mol. The second-order valence-corrected chi connectivity index (χ2v) is 2.84. The highest BCUT2D eigenvalue weighted by Crippen LogP contribution is 2.02. The maximum Gasteiger partial charge on any atom is 0.280 e. The van der Waals surface area contributed by atoms with Crippen molar-refractivity contribution in [3.63, 3.8) is 0 Å². The quantitative estimate of drug-likeness (QED) is 0.653. The minimum absolute atomic E-state index is 0.0602. The molecule has 0 saturated carbocycles. The van der Waals surface area contributed by atoms with Crippen molar-refractivity contribution < 1.29 is 0 Å². The first-order valence-electron chi connectivity index (χ1n) is 4.22. The molecule has 2 aromatic heterocycles. The average Bonchev–Trinajstić information content (AvgIpc) is 2.16. The number of aromatic amines is 1. The van der Waals surface area contributed by atoms with Crippen molar-refractivity contribution >= 4 is 17.1 Å². The largest absolute Gasteiger partial charge is 0.369 e. The van der Waals surface area contributed by atoms with E-state index in [-0.39, 0.29) is 17.0 Å². The molecule has 0 fully saturated rings. The van der Waals surface area contributed by atoms with E-state index in [2.05, 4.69) is 19.9 Å². The summed E-state index contributed by atoms with van der Waals surface area (Å²) >= 11 is 0. The van der Waals surface area contributed by atoms with Crippen LogP contribution in [0, 0.1) is 0 Å². The van der Waals surface area contributed by atoms with Crippen LogP contribution in [0.1, 0.15) is 12.6 Å². The van der Waals surface area contributed by atoms with Crippen molar-refractivity contribution in [2.45, 2.75) is 13.3 Å². The molecule has 6 nitrogen and oxygen atoms in total. The van der Waals surface area contributed by atoms with Gasteiger partial charge in [0.2, 0.25) is 5.95 Å². The summed E-state index contributed by atoms with van der Waals surface area (Å²) < 4.78 is 0. The number of H-pyrrole nitrogens is 1. The molecule has 2 aromatic rings. The van der Waals surface area contributed by atoms with Gasteiger partial charge in [-0.1, -0.05) is 6.92 Å². The van der Waals surface area contributed by atoms with Crippen LogP contribution >= 0.6 is 0 Å². The van der Waals surface area contributed by atoms with E-state index in [4.69, 9.17) is 5.73 Å². The molecule has 0 saturated heterocycles. The van der Waals surface area contributed by atoms with Crippen LogP contribution in [0.25, 0.3) is 11.2 Å². The fourth-order valence-corrected chi connectivity index (χ4v) is 1.14. The van der Waals surface area contributed by atoms with E-state index in [1.165, 1.54) is 0 Å². The van der Waals surface area contributed by atoms with Crippen molar-refractivity contribution in [1.82, 2.24) is 19.9 Å². The minimum atomic E-state index is -0.359. The highest BCUT2D eigenvalue weighted by atomic mass is 16.1. The van der Waals surface area contributed by atoms with E-state index in [0.717, 1.165) is 12.1 Å². The highest BCUT2D eigenvalue weighted by molar-refractivity contribution is 5.69. The lowest BCUT2D eigenvalue weighted by atomic mass is 10.3. The second-order valence-electron chi connectivity index (χ2n) is 2.84. The molecule has 72 valence electrons. The minimum Gasteiger partial charge on any atom is -0.369 e. The summed E-state index contributed by atoms with van der Waals surface area (Å²) in [5.41, 5.74) is 6.33. The molecule has 0 aliphatic rings. The summed E-state index contributed by atoms with van der Waals surface area (Å²) in [6, 6.07) is 0. The predicted octanol–water partition coefficient (Wildman–Crippen LogP) is -0.142. The van der Waals surface area contributed by atoms with E-state index in [1.807, 2.05) is 6.92 Å². The highest BCUT2D eigenvalue weighted by Gasteiger charge is 2.04. The fourth-order valence-electron chi connectivity index (χ4n) is 1.14. The zero-order valence-electron chi connectivity index (χ0n) is 7.61. The van der Waals surface area contributed by atoms with Crippen LogP contribution in [0.2, 0.25) is 0 Å². The Kier molecular flexibility index (Phi) is 1.88. The molecule has 3 N–H and O–H groups in total. The van der Waals surface area contributed by atoms with Gasteiger partial charge in [0, 0.05) is 6.20 Å². The zero-order chi connectivity index (χ0) is 10.1. The number of nitrogen functional groups attached to an aromatic ring is 1. The molecular formula is C8H9N5O. The fraction of sp³-hybridized carbons (Fsp3) is 0.250. The van der Waals surface area contributed by atoms with Crippen LogP contribution in [0.15, 0.2) is 11.0 Å². The van der Waals surface area contributed by atoms with Gasteiger partial charge >= 0.3 is 0 Å². The summed E-state index contributed by atoms with van der Waals surface area (Å²) in [6.45, 7) is 1.95. The molecule has 2 heterocycles. The zero-order valence-corrected chi connectivity index (χ0v) is 7.61. The third kappa shape index (κ3) is 1.30. The van der Waals surface area contributed by atoms with Gasteiger partial charge in [-0.05, 0) is 6.42 Å². The number of hydrogen-bond acceptors (Lipinski definition) is 5. The first-order valence-corrected chi connectivity index (χ1v) is 4.22. The summed E-state index contributed by atoms with van der Waals surface area (Å²) in [6.07, 6.45) is 2.31. The third-order valence-electron chi connectivity index (χ3n) is 1.85. The molecule has 14 heavy (non-hydrogen) atoms. The summed E-state index contributed by atoms with van der Waals surface area (Å²) in [5, 5.41) is 0. The van der Waals surface area contributed by atoms with E-state index < -0.39 is 0 Å². The number of rotatable bonds is 1. The Labute approximate surface area is 79.2 Å². The van der Waals surface area contributed by atoms with Crippen molar-refractivity contribution in [3.8, 4) is 0 Å². The van der Waals surface area contributed by atoms with E-state index in [1.54, 1.807) is 6.20 Å². The Balaban J connectivity index is 2.82. The molecule has 0 aliphatic carbocycles.